The van der Waals surface area contributed by atoms with E-state index < -0.39 is 0 Å². The third kappa shape index (κ3) is 2.75. The molecule has 0 amide bonds. The lowest BCUT2D eigenvalue weighted by atomic mass is 9.90. The molecule has 116 valence electrons. The lowest BCUT2D eigenvalue weighted by molar-refractivity contribution is -0.386. The Kier molecular flexibility index (Phi) is 3.97. The van der Waals surface area contributed by atoms with Gasteiger partial charge in [0.2, 0.25) is 0 Å². The number of nitro groups is 1. The highest BCUT2D eigenvalue weighted by Gasteiger charge is 2.39. The van der Waals surface area contributed by atoms with E-state index in [1.54, 1.807) is 6.92 Å². The Morgan fingerprint density at radius 1 is 1.24 bits per heavy atom. The highest BCUT2D eigenvalue weighted by atomic mass is 16.6. The van der Waals surface area contributed by atoms with Gasteiger partial charge in [-0.15, -0.1) is 0 Å². The van der Waals surface area contributed by atoms with Crippen LogP contribution in [-0.4, -0.2) is 36.1 Å². The highest BCUT2D eigenvalue weighted by Crippen LogP contribution is 2.45. The monoisotopic (exact) mass is 292 g/mol. The van der Waals surface area contributed by atoms with Gasteiger partial charge in [-0.25, -0.2) is 0 Å². The van der Waals surface area contributed by atoms with Gasteiger partial charge >= 0.3 is 0 Å². The number of benzene rings is 1. The number of ether oxygens (including phenoxy) is 1. The predicted molar refractivity (Wildman–Crippen MR) is 83.2 cm³/mol. The number of nitrogens with zero attached hydrogens (tertiary/aromatic N) is 2. The van der Waals surface area contributed by atoms with Crippen molar-refractivity contribution in [3.05, 3.63) is 32.4 Å². The Morgan fingerprint density at radius 2 is 1.86 bits per heavy atom. The maximum atomic E-state index is 11.3. The van der Waals surface area contributed by atoms with Crippen LogP contribution >= 0.6 is 0 Å². The Balaban J connectivity index is 2.44. The molecule has 1 aromatic rings. The third-order valence-electron chi connectivity index (χ3n) is 4.51. The quantitative estimate of drug-likeness (QED) is 0.632. The van der Waals surface area contributed by atoms with Crippen molar-refractivity contribution in [1.82, 2.24) is 4.90 Å². The molecule has 0 N–H and O–H groups in total. The fourth-order valence-electron chi connectivity index (χ4n) is 3.05. The van der Waals surface area contributed by atoms with Gasteiger partial charge in [-0.1, -0.05) is 0 Å². The standard InChI is InChI=1S/C16H24N2O3/c1-10-11(2)15-13(12(3)14(10)18(19)20)9-16(4,21-15)7-8-17(5)6/h7-9H2,1-6H3. The molecule has 5 nitrogen and oxygen atoms in total. The van der Waals surface area contributed by atoms with Gasteiger partial charge in [0.05, 0.1) is 4.92 Å². The van der Waals surface area contributed by atoms with Crippen molar-refractivity contribution >= 4 is 5.69 Å². The average molecular weight is 292 g/mol. The summed E-state index contributed by atoms with van der Waals surface area (Å²) < 4.78 is 6.22. The van der Waals surface area contributed by atoms with Crippen molar-refractivity contribution in [3.8, 4) is 5.75 Å². The van der Waals surface area contributed by atoms with Gasteiger partial charge in [-0.05, 0) is 48.2 Å². The average Bonchev–Trinajstić information content (AvgIpc) is 2.73. The Morgan fingerprint density at radius 3 is 2.38 bits per heavy atom. The van der Waals surface area contributed by atoms with Gasteiger partial charge in [0.25, 0.3) is 5.69 Å². The van der Waals surface area contributed by atoms with Gasteiger partial charge in [0.15, 0.2) is 0 Å². The summed E-state index contributed by atoms with van der Waals surface area (Å²) in [5.74, 6) is 0.858. The van der Waals surface area contributed by atoms with E-state index in [1.165, 1.54) is 0 Å². The zero-order chi connectivity index (χ0) is 15.9. The number of fused-ring (bicyclic) bond motifs is 1. The molecule has 5 heteroatoms. The van der Waals surface area contributed by atoms with E-state index in [9.17, 15) is 10.1 Å². The van der Waals surface area contributed by atoms with Gasteiger partial charge < -0.3 is 9.64 Å². The molecule has 1 aliphatic heterocycles. The van der Waals surface area contributed by atoms with Crippen LogP contribution in [0.15, 0.2) is 0 Å². The van der Waals surface area contributed by atoms with E-state index >= 15 is 0 Å². The van der Waals surface area contributed by atoms with Crippen LogP contribution in [0.25, 0.3) is 0 Å². The molecule has 1 heterocycles. The zero-order valence-electron chi connectivity index (χ0n) is 13.7. The minimum Gasteiger partial charge on any atom is -0.487 e. The molecule has 0 saturated heterocycles. The van der Waals surface area contributed by atoms with Gasteiger partial charge in [0.1, 0.15) is 11.4 Å². The first kappa shape index (κ1) is 15.8. The van der Waals surface area contributed by atoms with Crippen LogP contribution in [0.5, 0.6) is 5.75 Å². The summed E-state index contributed by atoms with van der Waals surface area (Å²) in [6.07, 6.45) is 1.64. The second-order valence-corrected chi connectivity index (χ2v) is 6.57. The van der Waals surface area contributed by atoms with Crippen molar-refractivity contribution < 1.29 is 9.66 Å². The van der Waals surface area contributed by atoms with Gasteiger partial charge in [-0.2, -0.15) is 0 Å². The first-order valence-corrected chi connectivity index (χ1v) is 7.27. The van der Waals surface area contributed by atoms with E-state index in [0.717, 1.165) is 41.8 Å². The molecule has 1 atom stereocenters. The van der Waals surface area contributed by atoms with Crippen molar-refractivity contribution in [3.63, 3.8) is 0 Å². The van der Waals surface area contributed by atoms with Gasteiger partial charge in [-0.3, -0.25) is 10.1 Å². The Hall–Kier alpha value is -1.62. The Labute approximate surface area is 126 Å². The smallest absolute Gasteiger partial charge is 0.275 e. The second kappa shape index (κ2) is 5.30. The number of rotatable bonds is 4. The molecule has 0 aromatic heterocycles. The maximum Gasteiger partial charge on any atom is 0.275 e. The minimum absolute atomic E-state index is 0.242. The molecule has 0 spiro atoms. The van der Waals surface area contributed by atoms with Crippen LogP contribution < -0.4 is 4.74 Å². The first-order chi connectivity index (χ1) is 9.66. The normalized spacial score (nSPS) is 20.5. The topological polar surface area (TPSA) is 55.6 Å². The summed E-state index contributed by atoms with van der Waals surface area (Å²) in [7, 11) is 4.08. The fraction of sp³-hybridized carbons (Fsp3) is 0.625. The predicted octanol–water partition coefficient (Wildman–Crippen LogP) is 3.17. The summed E-state index contributed by atoms with van der Waals surface area (Å²) in [4.78, 5) is 13.2. The Bertz CT molecular complexity index is 596. The summed E-state index contributed by atoms with van der Waals surface area (Å²) in [5.41, 5.74) is 3.34. The van der Waals surface area contributed by atoms with Crippen LogP contribution in [-0.2, 0) is 6.42 Å². The van der Waals surface area contributed by atoms with E-state index in [4.69, 9.17) is 4.74 Å². The van der Waals surface area contributed by atoms with E-state index in [1.807, 2.05) is 27.9 Å². The number of hydrogen-bond acceptors (Lipinski definition) is 4. The van der Waals surface area contributed by atoms with Crippen molar-refractivity contribution in [2.45, 2.75) is 46.1 Å². The SMILES string of the molecule is Cc1c(C)c([N+](=O)[O-])c(C)c2c1OC(C)(CCN(C)C)C2. The molecule has 21 heavy (non-hydrogen) atoms. The minimum atomic E-state index is -0.274. The van der Waals surface area contributed by atoms with E-state index in [2.05, 4.69) is 11.8 Å². The van der Waals surface area contributed by atoms with Gasteiger partial charge in [0, 0.05) is 35.2 Å². The van der Waals surface area contributed by atoms with Crippen LogP contribution in [0.3, 0.4) is 0 Å². The number of nitro benzene ring substituents is 1. The second-order valence-electron chi connectivity index (χ2n) is 6.57. The lowest BCUT2D eigenvalue weighted by Gasteiger charge is -2.26. The maximum absolute atomic E-state index is 11.3. The molecule has 0 fully saturated rings. The molecule has 1 unspecified atom stereocenters. The first-order valence-electron chi connectivity index (χ1n) is 7.27. The van der Waals surface area contributed by atoms with Crippen LogP contribution in [0.1, 0.15) is 35.6 Å². The third-order valence-corrected chi connectivity index (χ3v) is 4.51. The molecular formula is C16H24N2O3. The highest BCUT2D eigenvalue weighted by molar-refractivity contribution is 5.63. The van der Waals surface area contributed by atoms with Crippen molar-refractivity contribution in [1.29, 1.82) is 0 Å². The van der Waals surface area contributed by atoms with Crippen molar-refractivity contribution in [2.24, 2.45) is 0 Å². The van der Waals surface area contributed by atoms with Crippen molar-refractivity contribution in [2.75, 3.05) is 20.6 Å². The molecular weight excluding hydrogens is 268 g/mol. The fourth-order valence-corrected chi connectivity index (χ4v) is 3.05. The van der Waals surface area contributed by atoms with E-state index in [0.29, 0.717) is 5.56 Å². The molecule has 1 aromatic carbocycles. The summed E-state index contributed by atoms with van der Waals surface area (Å²) in [5, 5.41) is 11.3. The number of hydrogen-bond donors (Lipinski definition) is 0. The van der Waals surface area contributed by atoms with E-state index in [-0.39, 0.29) is 16.2 Å². The molecule has 1 aliphatic rings. The van der Waals surface area contributed by atoms with Crippen LogP contribution in [0.2, 0.25) is 0 Å². The summed E-state index contributed by atoms with van der Waals surface area (Å²) >= 11 is 0. The van der Waals surface area contributed by atoms with Crippen LogP contribution in [0, 0.1) is 30.9 Å². The summed E-state index contributed by atoms with van der Waals surface area (Å²) in [6.45, 7) is 8.59. The summed E-state index contributed by atoms with van der Waals surface area (Å²) in [6, 6.07) is 0. The molecule has 0 bridgehead atoms. The molecule has 0 saturated carbocycles. The molecule has 2 rings (SSSR count). The molecule has 0 radical (unpaired) electrons. The zero-order valence-corrected chi connectivity index (χ0v) is 13.7. The largest absolute Gasteiger partial charge is 0.487 e. The molecule has 0 aliphatic carbocycles. The lowest BCUT2D eigenvalue weighted by Crippen LogP contribution is -2.34. The van der Waals surface area contributed by atoms with Crippen LogP contribution in [0.4, 0.5) is 5.69 Å².